The molecule has 1 N–H and O–H groups in total. The number of nitrogens with zero attached hydrogens (tertiary/aromatic N) is 3. The quantitative estimate of drug-likeness (QED) is 0.164. The van der Waals surface area contributed by atoms with Crippen LogP contribution in [-0.4, -0.2) is 23.0 Å². The Balaban J connectivity index is 0.000000566. The number of anilines is 1. The fraction of sp³-hybridized carbons (Fsp3) is 0.265. The highest BCUT2D eigenvalue weighted by molar-refractivity contribution is 7.92. The first kappa shape index (κ1) is 32.8. The lowest BCUT2D eigenvalue weighted by Gasteiger charge is -2.16. The topological polar surface area (TPSA) is 94.0 Å². The van der Waals surface area contributed by atoms with Crippen molar-refractivity contribution in [2.45, 2.75) is 64.7 Å². The third-order valence-electron chi connectivity index (χ3n) is 7.17. The Morgan fingerprint density at radius 3 is 2.23 bits per heavy atom. The van der Waals surface area contributed by atoms with Crippen LogP contribution in [-0.2, 0) is 10.0 Å². The molecule has 0 aliphatic heterocycles. The van der Waals surface area contributed by atoms with E-state index in [2.05, 4.69) is 28.5 Å². The molecule has 0 spiro atoms. The van der Waals surface area contributed by atoms with Gasteiger partial charge in [-0.1, -0.05) is 63.6 Å². The molecule has 2 aromatic heterocycles. The largest absolute Gasteiger partial charge is 0.277 e. The first-order chi connectivity index (χ1) is 21.1. The predicted octanol–water partition coefficient (Wildman–Crippen LogP) is 8.63. The van der Waals surface area contributed by atoms with E-state index in [0.29, 0.717) is 38.3 Å². The van der Waals surface area contributed by atoms with Gasteiger partial charge in [0.1, 0.15) is 5.82 Å². The molecule has 44 heavy (non-hydrogen) atoms. The Labute approximate surface area is 262 Å². The van der Waals surface area contributed by atoms with Gasteiger partial charge in [-0.25, -0.2) is 27.5 Å². The van der Waals surface area contributed by atoms with E-state index >= 15 is 4.39 Å². The molecule has 0 bridgehead atoms. The van der Waals surface area contributed by atoms with Gasteiger partial charge in [-0.3, -0.25) is 9.36 Å². The number of pyridine rings is 1. The maximum Gasteiger partial charge on any atom is 0.264 e. The fourth-order valence-corrected chi connectivity index (χ4v) is 5.90. The second-order valence-electron chi connectivity index (χ2n) is 10.5. The standard InChI is InChI=1S/C27H20ClFN4O3S.C7H16/c1-16-12-18(4-7-22(16)28)21-13-17(2)25(15-23(21)29)33-24-8-6-20(14-19(24)5-9-26(33)34)37(35,36)32-27-30-10-3-11-31-27;1-3-5-7-6-4-2/h3-15H,1-2H3,(H,30,31,32);3-7H2,1-2H3. The van der Waals surface area contributed by atoms with Crippen LogP contribution in [0, 0.1) is 19.7 Å². The Bertz CT molecular complexity index is 1930. The molecule has 0 unspecified atom stereocenters. The maximum absolute atomic E-state index is 15.3. The highest BCUT2D eigenvalue weighted by Gasteiger charge is 2.19. The van der Waals surface area contributed by atoms with Crippen molar-refractivity contribution in [3.8, 4) is 16.8 Å². The van der Waals surface area contributed by atoms with Crippen molar-refractivity contribution < 1.29 is 12.8 Å². The molecule has 10 heteroatoms. The summed E-state index contributed by atoms with van der Waals surface area (Å²) in [7, 11) is -3.98. The third kappa shape index (κ3) is 7.70. The number of hydrogen-bond acceptors (Lipinski definition) is 5. The first-order valence-electron chi connectivity index (χ1n) is 14.6. The molecule has 2 heterocycles. The predicted molar refractivity (Wildman–Crippen MR) is 177 cm³/mol. The van der Waals surface area contributed by atoms with Gasteiger partial charge in [-0.05, 0) is 85.1 Å². The zero-order valence-corrected chi connectivity index (χ0v) is 26.8. The van der Waals surface area contributed by atoms with E-state index in [0.717, 1.165) is 5.56 Å². The third-order valence-corrected chi connectivity index (χ3v) is 8.92. The highest BCUT2D eigenvalue weighted by Crippen LogP contribution is 2.31. The summed E-state index contributed by atoms with van der Waals surface area (Å²) in [6.45, 7) is 8.12. The van der Waals surface area contributed by atoms with Crippen LogP contribution in [0.2, 0.25) is 5.02 Å². The normalized spacial score (nSPS) is 11.2. The van der Waals surface area contributed by atoms with Gasteiger partial charge in [0, 0.05) is 34.4 Å². The van der Waals surface area contributed by atoms with Crippen LogP contribution in [0.1, 0.15) is 57.1 Å². The lowest BCUT2D eigenvalue weighted by atomic mass is 9.99. The van der Waals surface area contributed by atoms with Gasteiger partial charge >= 0.3 is 0 Å². The molecule has 0 aliphatic rings. The van der Waals surface area contributed by atoms with Gasteiger partial charge in [0.05, 0.1) is 16.1 Å². The Hall–Kier alpha value is -4.08. The number of rotatable bonds is 9. The second kappa shape index (κ2) is 14.6. The van der Waals surface area contributed by atoms with E-state index in [1.54, 1.807) is 37.3 Å². The lowest BCUT2D eigenvalue weighted by Crippen LogP contribution is -2.19. The number of halogens is 2. The SMILES string of the molecule is CCCCCCC.Cc1cc(-c2cc(C)c(-n3c(=O)ccc4cc(S(=O)(=O)Nc5ncccn5)ccc43)cc2F)ccc1Cl. The van der Waals surface area contributed by atoms with Crippen LogP contribution in [0.25, 0.3) is 27.7 Å². The van der Waals surface area contributed by atoms with Crippen molar-refractivity contribution in [1.29, 1.82) is 0 Å². The molecule has 0 amide bonds. The molecule has 3 aromatic carbocycles. The summed E-state index contributed by atoms with van der Waals surface area (Å²) in [5.74, 6) is -0.563. The van der Waals surface area contributed by atoms with E-state index in [-0.39, 0.29) is 16.4 Å². The summed E-state index contributed by atoms with van der Waals surface area (Å²) in [4.78, 5) is 20.7. The summed E-state index contributed by atoms with van der Waals surface area (Å²) >= 11 is 6.12. The Morgan fingerprint density at radius 2 is 1.57 bits per heavy atom. The van der Waals surface area contributed by atoms with E-state index in [9.17, 15) is 13.2 Å². The van der Waals surface area contributed by atoms with Crippen molar-refractivity contribution in [3.63, 3.8) is 0 Å². The van der Waals surface area contributed by atoms with Crippen molar-refractivity contribution >= 4 is 38.5 Å². The molecule has 5 aromatic rings. The van der Waals surface area contributed by atoms with Crippen molar-refractivity contribution in [2.24, 2.45) is 0 Å². The maximum atomic E-state index is 15.3. The van der Waals surface area contributed by atoms with Gasteiger partial charge in [0.25, 0.3) is 15.6 Å². The minimum Gasteiger partial charge on any atom is -0.277 e. The summed E-state index contributed by atoms with van der Waals surface area (Å²) in [6, 6.07) is 17.0. The number of aromatic nitrogens is 3. The number of hydrogen-bond donors (Lipinski definition) is 1. The summed E-state index contributed by atoms with van der Waals surface area (Å²) in [5, 5.41) is 1.07. The number of aryl methyl sites for hydroxylation is 2. The van der Waals surface area contributed by atoms with E-state index in [1.165, 1.54) is 85.5 Å². The molecule has 5 rings (SSSR count). The number of benzene rings is 3. The van der Waals surface area contributed by atoms with Gasteiger partial charge in [0.2, 0.25) is 5.95 Å². The first-order valence-corrected chi connectivity index (χ1v) is 16.4. The molecule has 0 saturated carbocycles. The van der Waals surface area contributed by atoms with Crippen LogP contribution < -0.4 is 10.3 Å². The van der Waals surface area contributed by atoms with Crippen LogP contribution >= 0.6 is 11.6 Å². The lowest BCUT2D eigenvalue weighted by molar-refractivity contribution is 0.601. The number of unbranched alkanes of at least 4 members (excludes halogenated alkanes) is 4. The second-order valence-corrected chi connectivity index (χ2v) is 12.6. The summed E-state index contributed by atoms with van der Waals surface area (Å²) < 4.78 is 44.8. The molecular formula is C34H36ClFN4O3S. The van der Waals surface area contributed by atoms with Crippen molar-refractivity contribution in [2.75, 3.05) is 4.72 Å². The van der Waals surface area contributed by atoms with Gasteiger partial charge in [0.15, 0.2) is 0 Å². The minimum absolute atomic E-state index is 0.0333. The average Bonchev–Trinajstić information content (AvgIpc) is 3.00. The molecule has 7 nitrogen and oxygen atoms in total. The number of fused-ring (bicyclic) bond motifs is 1. The van der Waals surface area contributed by atoms with Gasteiger partial charge < -0.3 is 0 Å². The molecule has 0 fully saturated rings. The van der Waals surface area contributed by atoms with Crippen molar-refractivity contribution in [3.05, 3.63) is 111 Å². The van der Waals surface area contributed by atoms with E-state index < -0.39 is 15.8 Å². The monoisotopic (exact) mass is 634 g/mol. The summed E-state index contributed by atoms with van der Waals surface area (Å²) in [5.41, 5.74) is 2.95. The zero-order valence-electron chi connectivity index (χ0n) is 25.3. The molecule has 0 aliphatic carbocycles. The highest BCUT2D eigenvalue weighted by atomic mass is 35.5. The van der Waals surface area contributed by atoms with E-state index in [4.69, 9.17) is 11.6 Å². The molecular weight excluding hydrogens is 599 g/mol. The van der Waals surface area contributed by atoms with Gasteiger partial charge in [-0.15, -0.1) is 0 Å². The zero-order chi connectivity index (χ0) is 31.9. The smallest absolute Gasteiger partial charge is 0.264 e. The minimum atomic E-state index is -3.98. The van der Waals surface area contributed by atoms with Crippen LogP contribution in [0.4, 0.5) is 10.3 Å². The number of sulfonamides is 1. The van der Waals surface area contributed by atoms with Crippen molar-refractivity contribution in [1.82, 2.24) is 14.5 Å². The van der Waals surface area contributed by atoms with E-state index in [1.807, 2.05) is 6.92 Å². The number of nitrogens with one attached hydrogen (secondary N) is 1. The molecule has 0 atom stereocenters. The Kier molecular flexibility index (Phi) is 10.9. The van der Waals surface area contributed by atoms with Crippen LogP contribution in [0.15, 0.2) is 88.8 Å². The Morgan fingerprint density at radius 1 is 0.864 bits per heavy atom. The van der Waals surface area contributed by atoms with Gasteiger partial charge in [-0.2, -0.15) is 0 Å². The van der Waals surface area contributed by atoms with Crippen LogP contribution in [0.5, 0.6) is 0 Å². The molecule has 230 valence electrons. The summed E-state index contributed by atoms with van der Waals surface area (Å²) in [6.07, 6.45) is 9.85. The molecule has 0 saturated heterocycles. The van der Waals surface area contributed by atoms with Crippen LogP contribution in [0.3, 0.4) is 0 Å². The fourth-order valence-electron chi connectivity index (χ4n) is 4.79. The molecule has 0 radical (unpaired) electrons. The average molecular weight is 635 g/mol.